The van der Waals surface area contributed by atoms with Gasteiger partial charge in [-0.15, -0.1) is 0 Å². The van der Waals surface area contributed by atoms with Crippen molar-refractivity contribution >= 4 is 13.7 Å². The largest absolute Gasteiger partial charge is 0.472 e. The van der Waals surface area contributed by atoms with E-state index in [0.29, 0.717) is 6.42 Å². The van der Waals surface area contributed by atoms with E-state index in [1.54, 1.807) is 6.08 Å². The summed E-state index contributed by atoms with van der Waals surface area (Å²) in [5, 5.41) is 24.0. The predicted octanol–water partition coefficient (Wildman–Crippen LogP) is 10.6. The van der Waals surface area contributed by atoms with Gasteiger partial charge in [0.2, 0.25) is 5.91 Å². The molecule has 1 amide bonds. The molecule has 0 aromatic carbocycles. The van der Waals surface area contributed by atoms with Crippen LogP contribution >= 0.6 is 7.82 Å². The number of unbranched alkanes of at least 4 members (excludes halogenated alkanes) is 26. The Balaban J connectivity index is 4.33. The number of aliphatic hydroxyl groups excluding tert-OH is 2. The smallest absolute Gasteiger partial charge is 0.393 e. The summed E-state index contributed by atoms with van der Waals surface area (Å²) in [5.41, 5.74) is 5.36. The molecule has 51 heavy (non-hydrogen) atoms. The van der Waals surface area contributed by atoms with Gasteiger partial charge in [-0.05, 0) is 19.3 Å². The molecule has 0 saturated heterocycles. The third-order valence-electron chi connectivity index (χ3n) is 9.67. The monoisotopic (exact) mass is 747 g/mol. The Morgan fingerprint density at radius 1 is 0.667 bits per heavy atom. The molecule has 0 spiro atoms. The van der Waals surface area contributed by atoms with Gasteiger partial charge in [0.1, 0.15) is 0 Å². The van der Waals surface area contributed by atoms with Gasteiger partial charge in [-0.25, -0.2) is 4.57 Å². The molecule has 0 fully saturated rings. The third kappa shape index (κ3) is 36.0. The van der Waals surface area contributed by atoms with Crippen LogP contribution in [0.25, 0.3) is 0 Å². The van der Waals surface area contributed by atoms with Crippen LogP contribution in [0.5, 0.6) is 0 Å². The van der Waals surface area contributed by atoms with Gasteiger partial charge in [0.25, 0.3) is 0 Å². The predicted molar refractivity (Wildman–Crippen MR) is 214 cm³/mol. The molecular weight excluding hydrogens is 663 g/mol. The highest BCUT2D eigenvalue weighted by Gasteiger charge is 2.27. The normalized spacial score (nSPS) is 14.9. The fourth-order valence-electron chi connectivity index (χ4n) is 6.41. The van der Waals surface area contributed by atoms with Crippen LogP contribution in [0.1, 0.15) is 206 Å². The Morgan fingerprint density at radius 2 is 1.08 bits per heavy atom. The molecule has 10 heteroatoms. The van der Waals surface area contributed by atoms with E-state index in [9.17, 15) is 24.5 Å². The Morgan fingerprint density at radius 3 is 1.51 bits per heavy atom. The lowest BCUT2D eigenvalue weighted by Crippen LogP contribution is -2.46. The fraction of sp³-hybridized carbons (Fsp3) is 0.927. The highest BCUT2D eigenvalue weighted by atomic mass is 31.2. The number of amides is 1. The van der Waals surface area contributed by atoms with Crippen LogP contribution in [0.3, 0.4) is 0 Å². The van der Waals surface area contributed by atoms with E-state index in [2.05, 4.69) is 19.2 Å². The molecular formula is C41H83N2O7P. The van der Waals surface area contributed by atoms with Gasteiger partial charge < -0.3 is 26.2 Å². The molecule has 0 aromatic heterocycles. The summed E-state index contributed by atoms with van der Waals surface area (Å²) in [6.45, 7) is 3.98. The lowest BCUT2D eigenvalue weighted by molar-refractivity contribution is -0.124. The molecule has 0 aliphatic rings. The maximum atomic E-state index is 12.8. The average molecular weight is 747 g/mol. The van der Waals surface area contributed by atoms with Gasteiger partial charge in [-0.2, -0.15) is 0 Å². The number of rotatable bonds is 40. The van der Waals surface area contributed by atoms with Gasteiger partial charge in [-0.1, -0.05) is 193 Å². The van der Waals surface area contributed by atoms with Crippen molar-refractivity contribution in [2.75, 3.05) is 19.8 Å². The summed E-state index contributed by atoms with van der Waals surface area (Å²) in [6, 6.07) is -0.976. The number of nitrogens with two attached hydrogens (primary N) is 1. The first-order valence-electron chi connectivity index (χ1n) is 21.4. The summed E-state index contributed by atoms with van der Waals surface area (Å²) in [4.78, 5) is 22.7. The number of aliphatic hydroxyl groups is 2. The average Bonchev–Trinajstić information content (AvgIpc) is 3.10. The second-order valence-corrected chi connectivity index (χ2v) is 16.2. The minimum atomic E-state index is -4.39. The topological polar surface area (TPSA) is 151 Å². The van der Waals surface area contributed by atoms with E-state index in [0.717, 1.165) is 38.5 Å². The zero-order chi connectivity index (χ0) is 37.7. The number of nitrogens with one attached hydrogen (secondary N) is 1. The molecule has 0 aliphatic carbocycles. The minimum Gasteiger partial charge on any atom is -0.393 e. The van der Waals surface area contributed by atoms with Crippen molar-refractivity contribution in [2.24, 2.45) is 5.73 Å². The van der Waals surface area contributed by atoms with Crippen LogP contribution in [-0.2, 0) is 18.4 Å². The SMILES string of the molecule is CCCCCCCCCCCCCCC/C=C/C(O)C(COP(=O)(O)OCCN)NC(=O)CC(O)CCCCCCCCCCCCCCCC. The maximum absolute atomic E-state index is 12.8. The van der Waals surface area contributed by atoms with Crippen molar-refractivity contribution in [3.63, 3.8) is 0 Å². The molecule has 4 unspecified atom stereocenters. The second-order valence-electron chi connectivity index (χ2n) is 14.8. The van der Waals surface area contributed by atoms with Crippen molar-refractivity contribution in [1.29, 1.82) is 0 Å². The standard InChI is InChI=1S/C41H83N2O7P/c1-3-5-7-9-11-13-15-17-19-21-23-25-27-29-31-33-40(45)39(37-50-51(47,48)49-35-34-42)43-41(46)36-38(44)32-30-28-26-24-22-20-18-16-14-12-10-8-6-4-2/h31,33,38-40,44-45H,3-30,32,34-37,42H2,1-2H3,(H,43,46)(H,47,48)/b33-31+. The summed E-state index contributed by atoms with van der Waals surface area (Å²) in [5.74, 6) is -0.443. The Labute approximate surface area is 314 Å². The Hall–Kier alpha value is -0.800. The van der Waals surface area contributed by atoms with Crippen LogP contribution in [-0.4, -0.2) is 59.0 Å². The molecule has 0 heterocycles. The minimum absolute atomic E-state index is 0.0514. The first kappa shape index (κ1) is 50.2. The summed E-state index contributed by atoms with van der Waals surface area (Å²) < 4.78 is 22.1. The van der Waals surface area contributed by atoms with Crippen LogP contribution in [0.4, 0.5) is 0 Å². The van der Waals surface area contributed by atoms with Gasteiger partial charge in [-0.3, -0.25) is 13.8 Å². The van der Waals surface area contributed by atoms with Crippen LogP contribution in [0, 0.1) is 0 Å². The van der Waals surface area contributed by atoms with Crippen LogP contribution in [0.15, 0.2) is 12.2 Å². The molecule has 0 rings (SSSR count). The molecule has 304 valence electrons. The third-order valence-corrected chi connectivity index (χ3v) is 10.7. The van der Waals surface area contributed by atoms with E-state index in [1.165, 1.54) is 141 Å². The highest BCUT2D eigenvalue weighted by Crippen LogP contribution is 2.43. The first-order valence-corrected chi connectivity index (χ1v) is 22.9. The van der Waals surface area contributed by atoms with Gasteiger partial charge in [0.05, 0.1) is 37.9 Å². The number of carbonyl (C=O) groups excluding carboxylic acids is 1. The lowest BCUT2D eigenvalue weighted by Gasteiger charge is -2.24. The van der Waals surface area contributed by atoms with Crippen molar-refractivity contribution in [1.82, 2.24) is 5.32 Å². The molecule has 0 aromatic rings. The molecule has 0 saturated carbocycles. The maximum Gasteiger partial charge on any atom is 0.472 e. The van der Waals surface area contributed by atoms with E-state index >= 15 is 0 Å². The van der Waals surface area contributed by atoms with Crippen molar-refractivity contribution in [3.05, 3.63) is 12.2 Å². The second kappa shape index (κ2) is 37.5. The van der Waals surface area contributed by atoms with Gasteiger partial charge >= 0.3 is 7.82 Å². The van der Waals surface area contributed by atoms with Crippen molar-refractivity contribution < 1.29 is 33.5 Å². The van der Waals surface area contributed by atoms with Crippen LogP contribution in [0.2, 0.25) is 0 Å². The van der Waals surface area contributed by atoms with Gasteiger partial charge in [0.15, 0.2) is 0 Å². The molecule has 0 aliphatic heterocycles. The molecule has 6 N–H and O–H groups in total. The Kier molecular flexibility index (Phi) is 36.9. The van der Waals surface area contributed by atoms with Crippen molar-refractivity contribution in [2.45, 2.75) is 225 Å². The summed E-state index contributed by atoms with van der Waals surface area (Å²) in [6.07, 6.45) is 37.2. The quantitative estimate of drug-likeness (QED) is 0.0236. The molecule has 0 bridgehead atoms. The number of phosphoric ester groups is 1. The van der Waals surface area contributed by atoms with E-state index in [4.69, 9.17) is 14.8 Å². The fourth-order valence-corrected chi connectivity index (χ4v) is 7.17. The number of hydrogen-bond donors (Lipinski definition) is 5. The molecule has 4 atom stereocenters. The van der Waals surface area contributed by atoms with E-state index in [-0.39, 0.29) is 19.6 Å². The zero-order valence-electron chi connectivity index (χ0n) is 33.2. The zero-order valence-corrected chi connectivity index (χ0v) is 34.1. The number of carbonyl (C=O) groups is 1. The van der Waals surface area contributed by atoms with Crippen LogP contribution < -0.4 is 11.1 Å². The number of hydrogen-bond acceptors (Lipinski definition) is 7. The van der Waals surface area contributed by atoms with E-state index < -0.39 is 38.6 Å². The number of phosphoric acid groups is 1. The summed E-state index contributed by atoms with van der Waals surface area (Å²) in [7, 11) is -4.39. The van der Waals surface area contributed by atoms with E-state index in [1.807, 2.05) is 6.08 Å². The first-order chi connectivity index (χ1) is 24.8. The highest BCUT2D eigenvalue weighted by molar-refractivity contribution is 7.47. The summed E-state index contributed by atoms with van der Waals surface area (Å²) >= 11 is 0. The van der Waals surface area contributed by atoms with Crippen molar-refractivity contribution in [3.8, 4) is 0 Å². The Bertz CT molecular complexity index is 832. The molecule has 0 radical (unpaired) electrons. The number of allylic oxidation sites excluding steroid dienone is 1. The molecule has 9 nitrogen and oxygen atoms in total. The van der Waals surface area contributed by atoms with Gasteiger partial charge in [0, 0.05) is 6.54 Å². The lowest BCUT2D eigenvalue weighted by atomic mass is 10.0.